The van der Waals surface area contributed by atoms with Gasteiger partial charge in [-0.3, -0.25) is 9.59 Å². The molecule has 0 radical (unpaired) electrons. The zero-order chi connectivity index (χ0) is 22.4. The van der Waals surface area contributed by atoms with Gasteiger partial charge in [0.2, 0.25) is 5.91 Å². The van der Waals surface area contributed by atoms with Gasteiger partial charge in [0.15, 0.2) is 5.16 Å². The van der Waals surface area contributed by atoms with Gasteiger partial charge in [0.1, 0.15) is 0 Å². The molecule has 1 heterocycles. The summed E-state index contributed by atoms with van der Waals surface area (Å²) in [6.45, 7) is 1.77. The van der Waals surface area contributed by atoms with Crippen LogP contribution in [0.2, 0.25) is 5.02 Å². The molecule has 0 unspecified atom stereocenters. The van der Waals surface area contributed by atoms with E-state index in [2.05, 4.69) is 20.0 Å². The van der Waals surface area contributed by atoms with Crippen molar-refractivity contribution in [1.29, 1.82) is 0 Å². The van der Waals surface area contributed by atoms with Crippen LogP contribution in [0.15, 0.2) is 58.5 Å². The molecule has 31 heavy (non-hydrogen) atoms. The third-order valence-electron chi connectivity index (χ3n) is 4.42. The van der Waals surface area contributed by atoms with E-state index in [4.69, 9.17) is 11.6 Å². The fraction of sp³-hybridized carbons (Fsp3) is 0.182. The Morgan fingerprint density at radius 3 is 2.42 bits per heavy atom. The van der Waals surface area contributed by atoms with Gasteiger partial charge in [0.05, 0.1) is 18.4 Å². The summed E-state index contributed by atoms with van der Waals surface area (Å²) < 4.78 is 4.64. The van der Waals surface area contributed by atoms with Gasteiger partial charge in [-0.05, 0) is 48.9 Å². The van der Waals surface area contributed by atoms with Crippen molar-refractivity contribution in [2.45, 2.75) is 18.5 Å². The number of thioether (sulfide) groups is 1. The Bertz CT molecular complexity index is 1140. The molecule has 7 nitrogen and oxygen atoms in total. The standard InChI is InChI=1S/C22H20ClN3O4S/c1-13-18(11-14-3-7-16(23)8-4-14)20(28)26-22(24-13)31-12-19(27)25-17-9-5-15(6-10-17)21(29)30-2/h3-10H,11-12H2,1-2H3,(H,25,27)(H,24,26,28). The minimum Gasteiger partial charge on any atom is -0.465 e. The molecular weight excluding hydrogens is 438 g/mol. The smallest absolute Gasteiger partial charge is 0.337 e. The van der Waals surface area contributed by atoms with E-state index >= 15 is 0 Å². The van der Waals surface area contributed by atoms with Crippen LogP contribution in [0.1, 0.15) is 27.2 Å². The quantitative estimate of drug-likeness (QED) is 0.317. The Kier molecular flexibility index (Phi) is 7.49. The van der Waals surface area contributed by atoms with Gasteiger partial charge >= 0.3 is 5.97 Å². The van der Waals surface area contributed by atoms with Gasteiger partial charge in [0.25, 0.3) is 5.56 Å². The number of rotatable bonds is 7. The first-order valence-electron chi connectivity index (χ1n) is 9.31. The van der Waals surface area contributed by atoms with E-state index in [0.717, 1.165) is 17.3 Å². The van der Waals surface area contributed by atoms with Crippen LogP contribution in [0.5, 0.6) is 0 Å². The van der Waals surface area contributed by atoms with Crippen molar-refractivity contribution in [3.8, 4) is 0 Å². The van der Waals surface area contributed by atoms with Crippen molar-refractivity contribution in [1.82, 2.24) is 9.97 Å². The molecular formula is C22H20ClN3O4S. The second-order valence-corrected chi connectivity index (χ2v) is 8.04. The molecule has 0 aliphatic heterocycles. The largest absolute Gasteiger partial charge is 0.465 e. The fourth-order valence-corrected chi connectivity index (χ4v) is 3.64. The molecule has 1 amide bonds. The Morgan fingerprint density at radius 1 is 1.13 bits per heavy atom. The number of carbonyl (C=O) groups excluding carboxylic acids is 2. The zero-order valence-electron chi connectivity index (χ0n) is 16.9. The van der Waals surface area contributed by atoms with Gasteiger partial charge in [-0.1, -0.05) is 35.5 Å². The molecule has 0 saturated heterocycles. The number of hydrogen-bond donors (Lipinski definition) is 2. The molecule has 1 aromatic heterocycles. The first kappa shape index (κ1) is 22.6. The molecule has 0 atom stereocenters. The van der Waals surface area contributed by atoms with Crippen LogP contribution in [-0.2, 0) is 16.0 Å². The Balaban J connectivity index is 1.60. The highest BCUT2D eigenvalue weighted by atomic mass is 35.5. The van der Waals surface area contributed by atoms with Crippen molar-refractivity contribution in [3.05, 3.63) is 86.3 Å². The number of H-pyrrole nitrogens is 1. The van der Waals surface area contributed by atoms with Gasteiger partial charge in [-0.15, -0.1) is 0 Å². The van der Waals surface area contributed by atoms with Crippen LogP contribution in [0.25, 0.3) is 0 Å². The molecule has 0 bridgehead atoms. The maximum Gasteiger partial charge on any atom is 0.337 e. The molecule has 3 rings (SSSR count). The second kappa shape index (κ2) is 10.3. The zero-order valence-corrected chi connectivity index (χ0v) is 18.5. The predicted molar refractivity (Wildman–Crippen MR) is 121 cm³/mol. The van der Waals surface area contributed by atoms with E-state index in [1.807, 2.05) is 12.1 Å². The number of amides is 1. The van der Waals surface area contributed by atoms with E-state index < -0.39 is 5.97 Å². The highest BCUT2D eigenvalue weighted by Gasteiger charge is 2.12. The van der Waals surface area contributed by atoms with Crippen LogP contribution in [-0.4, -0.2) is 34.7 Å². The number of carbonyl (C=O) groups is 2. The summed E-state index contributed by atoms with van der Waals surface area (Å²) in [6, 6.07) is 13.7. The Hall–Kier alpha value is -3.10. The summed E-state index contributed by atoms with van der Waals surface area (Å²) in [4.78, 5) is 43.3. The monoisotopic (exact) mass is 457 g/mol. The van der Waals surface area contributed by atoms with Crippen LogP contribution >= 0.6 is 23.4 Å². The van der Waals surface area contributed by atoms with Crippen molar-refractivity contribution < 1.29 is 14.3 Å². The number of aromatic nitrogens is 2. The Labute approximate surface area is 188 Å². The number of ether oxygens (including phenoxy) is 1. The van der Waals surface area contributed by atoms with E-state index in [1.165, 1.54) is 7.11 Å². The third kappa shape index (κ3) is 6.19. The van der Waals surface area contributed by atoms with Gasteiger partial charge in [0, 0.05) is 28.4 Å². The second-order valence-electron chi connectivity index (χ2n) is 6.64. The van der Waals surface area contributed by atoms with E-state index in [-0.39, 0.29) is 17.2 Å². The lowest BCUT2D eigenvalue weighted by atomic mass is 10.1. The van der Waals surface area contributed by atoms with E-state index in [1.54, 1.807) is 43.3 Å². The average molecular weight is 458 g/mol. The van der Waals surface area contributed by atoms with Crippen LogP contribution < -0.4 is 10.9 Å². The van der Waals surface area contributed by atoms with Crippen LogP contribution in [0.4, 0.5) is 5.69 Å². The first-order chi connectivity index (χ1) is 14.9. The lowest BCUT2D eigenvalue weighted by Gasteiger charge is -2.08. The molecule has 2 aromatic carbocycles. The molecule has 2 N–H and O–H groups in total. The van der Waals surface area contributed by atoms with Gasteiger partial charge in [-0.25, -0.2) is 9.78 Å². The van der Waals surface area contributed by atoms with E-state index in [0.29, 0.717) is 39.1 Å². The van der Waals surface area contributed by atoms with Crippen molar-refractivity contribution in [2.24, 2.45) is 0 Å². The summed E-state index contributed by atoms with van der Waals surface area (Å²) >= 11 is 7.04. The number of esters is 1. The maximum atomic E-state index is 12.5. The highest BCUT2D eigenvalue weighted by Crippen LogP contribution is 2.17. The summed E-state index contributed by atoms with van der Waals surface area (Å²) in [7, 11) is 1.31. The number of benzene rings is 2. The number of anilines is 1. The molecule has 160 valence electrons. The minimum atomic E-state index is -0.446. The fourth-order valence-electron chi connectivity index (χ4n) is 2.81. The molecule has 0 aliphatic rings. The van der Waals surface area contributed by atoms with Crippen LogP contribution in [0, 0.1) is 6.92 Å². The number of hydrogen-bond acceptors (Lipinski definition) is 6. The first-order valence-corrected chi connectivity index (χ1v) is 10.7. The summed E-state index contributed by atoms with van der Waals surface area (Å²) in [5, 5.41) is 3.74. The molecule has 0 spiro atoms. The van der Waals surface area contributed by atoms with E-state index in [9.17, 15) is 14.4 Å². The van der Waals surface area contributed by atoms with Gasteiger partial charge in [-0.2, -0.15) is 0 Å². The van der Waals surface area contributed by atoms with Crippen molar-refractivity contribution in [3.63, 3.8) is 0 Å². The lowest BCUT2D eigenvalue weighted by molar-refractivity contribution is -0.113. The predicted octanol–water partition coefficient (Wildman–Crippen LogP) is 3.84. The molecule has 3 aromatic rings. The number of halogens is 1. The molecule has 9 heteroatoms. The van der Waals surface area contributed by atoms with Crippen molar-refractivity contribution in [2.75, 3.05) is 18.2 Å². The van der Waals surface area contributed by atoms with Crippen molar-refractivity contribution >= 4 is 40.9 Å². The number of nitrogens with one attached hydrogen (secondary N) is 2. The topological polar surface area (TPSA) is 101 Å². The number of aromatic amines is 1. The number of nitrogens with zero attached hydrogens (tertiary/aromatic N) is 1. The van der Waals surface area contributed by atoms with Gasteiger partial charge < -0.3 is 15.0 Å². The molecule has 0 fully saturated rings. The SMILES string of the molecule is COC(=O)c1ccc(NC(=O)CSc2nc(C)c(Cc3ccc(Cl)cc3)c(=O)[nH]2)cc1. The average Bonchev–Trinajstić information content (AvgIpc) is 2.76. The third-order valence-corrected chi connectivity index (χ3v) is 5.55. The number of methoxy groups -OCH3 is 1. The summed E-state index contributed by atoms with van der Waals surface area (Å²) in [5.41, 5.74) is 2.85. The summed E-state index contributed by atoms with van der Waals surface area (Å²) in [5.74, 6) is -0.641. The lowest BCUT2D eigenvalue weighted by Crippen LogP contribution is -2.19. The summed E-state index contributed by atoms with van der Waals surface area (Å²) in [6.07, 6.45) is 0.443. The van der Waals surface area contributed by atoms with Crippen LogP contribution in [0.3, 0.4) is 0 Å². The number of aryl methyl sites for hydroxylation is 1. The maximum absolute atomic E-state index is 12.5. The molecule has 0 aliphatic carbocycles. The highest BCUT2D eigenvalue weighted by molar-refractivity contribution is 7.99. The Morgan fingerprint density at radius 2 is 1.81 bits per heavy atom. The molecule has 0 saturated carbocycles. The normalized spacial score (nSPS) is 10.5. The minimum absolute atomic E-state index is 0.0671.